The van der Waals surface area contributed by atoms with Gasteiger partial charge in [-0.05, 0) is 31.2 Å². The van der Waals surface area contributed by atoms with Crippen LogP contribution in [0.3, 0.4) is 0 Å². The number of alkyl halides is 3. The zero-order chi connectivity index (χ0) is 16.0. The first-order valence-corrected chi connectivity index (χ1v) is 7.44. The predicted molar refractivity (Wildman–Crippen MR) is 85.9 cm³/mol. The van der Waals surface area contributed by atoms with Gasteiger partial charge >= 0.3 is 0 Å². The Morgan fingerprint density at radius 1 is 1.09 bits per heavy atom. The Balaban J connectivity index is 2.13. The maximum atomic E-state index is 5.76. The molecule has 0 fully saturated rings. The van der Waals surface area contributed by atoms with E-state index in [1.807, 2.05) is 6.92 Å². The number of rotatable bonds is 5. The van der Waals surface area contributed by atoms with Crippen LogP contribution in [-0.2, 0) is 8.53 Å². The molecule has 0 spiro atoms. The third-order valence-electron chi connectivity index (χ3n) is 2.46. The van der Waals surface area contributed by atoms with Crippen LogP contribution in [0.1, 0.15) is 12.7 Å². The molecule has 0 saturated heterocycles. The fourth-order valence-corrected chi connectivity index (χ4v) is 1.77. The molecule has 2 aromatic rings. The zero-order valence-electron chi connectivity index (χ0n) is 11.5. The molecule has 0 amide bonds. The van der Waals surface area contributed by atoms with Crippen LogP contribution in [0.2, 0.25) is 0 Å². The van der Waals surface area contributed by atoms with Gasteiger partial charge in [0.2, 0.25) is 3.79 Å². The molecular weight excluding hydrogens is 349 g/mol. The Labute approximate surface area is 142 Å². The minimum Gasteiger partial charge on any atom is -0.498 e. The molecule has 0 aliphatic rings. The van der Waals surface area contributed by atoms with Crippen molar-refractivity contribution < 1.29 is 9.47 Å². The van der Waals surface area contributed by atoms with E-state index in [-0.39, 0.29) is 5.82 Å². The molecule has 0 aliphatic heterocycles. The van der Waals surface area contributed by atoms with Gasteiger partial charge in [0.25, 0.3) is 0 Å². The van der Waals surface area contributed by atoms with Crippen molar-refractivity contribution in [2.45, 2.75) is 10.7 Å². The second-order valence-electron chi connectivity index (χ2n) is 4.00. The van der Waals surface area contributed by atoms with Gasteiger partial charge in [0.05, 0.1) is 6.61 Å². The molecule has 1 aromatic carbocycles. The van der Waals surface area contributed by atoms with E-state index in [4.69, 9.17) is 44.3 Å². The molecule has 0 aliphatic carbocycles. The molecule has 0 N–H and O–H groups in total. The minimum atomic E-state index is -1.69. The summed E-state index contributed by atoms with van der Waals surface area (Å²) >= 11 is 17.3. The molecule has 8 heteroatoms. The summed E-state index contributed by atoms with van der Waals surface area (Å²) in [5.41, 5.74) is 0.749. The van der Waals surface area contributed by atoms with Crippen LogP contribution in [0.15, 0.2) is 43.1 Å². The van der Waals surface area contributed by atoms with Crippen LogP contribution in [0.4, 0.5) is 0 Å². The smallest absolute Gasteiger partial charge is 0.250 e. The highest BCUT2D eigenvalue weighted by molar-refractivity contribution is 6.66. The van der Waals surface area contributed by atoms with Gasteiger partial charge in [0, 0.05) is 5.56 Å². The van der Waals surface area contributed by atoms with Gasteiger partial charge in [0.1, 0.15) is 24.6 Å². The van der Waals surface area contributed by atoms with Crippen molar-refractivity contribution in [2.75, 3.05) is 6.61 Å². The van der Waals surface area contributed by atoms with Gasteiger partial charge in [-0.25, -0.2) is 15.0 Å². The summed E-state index contributed by atoms with van der Waals surface area (Å²) in [6.07, 6.45) is 4.24. The lowest BCUT2D eigenvalue weighted by molar-refractivity contribution is 0.258. The molecule has 1 aromatic heterocycles. The van der Waals surface area contributed by atoms with Crippen LogP contribution in [0.5, 0.6) is 5.75 Å². The molecule has 2 rings (SSSR count). The van der Waals surface area contributed by atoms with Crippen LogP contribution in [0, 0.1) is 0 Å². The maximum absolute atomic E-state index is 5.76. The van der Waals surface area contributed by atoms with Crippen molar-refractivity contribution in [3.8, 4) is 17.1 Å². The summed E-state index contributed by atoms with van der Waals surface area (Å²) in [5, 5.41) is 0. The van der Waals surface area contributed by atoms with E-state index in [2.05, 4.69) is 15.0 Å². The molecule has 5 nitrogen and oxygen atoms in total. The van der Waals surface area contributed by atoms with Crippen LogP contribution < -0.4 is 4.74 Å². The molecule has 0 atom stereocenters. The fraction of sp³-hybridized carbons (Fsp3) is 0.214. The predicted octanol–water partition coefficient (Wildman–Crippen LogP) is 4.25. The van der Waals surface area contributed by atoms with Crippen molar-refractivity contribution in [1.29, 1.82) is 0 Å². The molecule has 0 saturated carbocycles. The van der Waals surface area contributed by atoms with Crippen molar-refractivity contribution >= 4 is 34.8 Å². The molecule has 1 heterocycles. The van der Waals surface area contributed by atoms with Gasteiger partial charge in [0.15, 0.2) is 11.6 Å². The topological polar surface area (TPSA) is 57.1 Å². The number of hydrogen-bond acceptors (Lipinski definition) is 5. The van der Waals surface area contributed by atoms with Gasteiger partial charge in [-0.15, -0.1) is 0 Å². The molecular formula is C14H12Cl3N3O2. The summed E-state index contributed by atoms with van der Waals surface area (Å²) in [4.78, 5) is 12.0. The second-order valence-corrected chi connectivity index (χ2v) is 6.28. The standard InChI is InChI=1S/C14H12Cl3N3O2/c1-2-21-7-8-22-11-5-3-10(4-6-11)12-18-9-19-13(20-12)14(15,16)17/h3-9H,2H2,1H3. The summed E-state index contributed by atoms with van der Waals surface area (Å²) in [6.45, 7) is 2.48. The third-order valence-corrected chi connectivity index (χ3v) is 2.97. The SMILES string of the molecule is CCOC=COc1ccc(-c2ncnc(C(Cl)(Cl)Cl)n2)cc1. The Morgan fingerprint density at radius 3 is 2.45 bits per heavy atom. The number of ether oxygens (including phenoxy) is 2. The van der Waals surface area contributed by atoms with E-state index in [0.717, 1.165) is 5.56 Å². The fourth-order valence-electron chi connectivity index (χ4n) is 1.50. The second kappa shape index (κ2) is 7.63. The largest absolute Gasteiger partial charge is 0.498 e. The lowest BCUT2D eigenvalue weighted by Gasteiger charge is -2.09. The Morgan fingerprint density at radius 2 is 1.82 bits per heavy atom. The summed E-state index contributed by atoms with van der Waals surface area (Å²) in [5.74, 6) is 1.13. The number of nitrogens with zero attached hydrogens (tertiary/aromatic N) is 3. The number of halogens is 3. The van der Waals surface area contributed by atoms with Gasteiger partial charge in [-0.2, -0.15) is 0 Å². The number of hydrogen-bond donors (Lipinski definition) is 0. The Hall–Kier alpha value is -1.56. The summed E-state index contributed by atoms with van der Waals surface area (Å²) in [6, 6.07) is 7.12. The first kappa shape index (κ1) is 16.8. The molecule has 22 heavy (non-hydrogen) atoms. The number of aromatic nitrogens is 3. The maximum Gasteiger partial charge on any atom is 0.250 e. The average molecular weight is 361 g/mol. The van der Waals surface area contributed by atoms with E-state index in [9.17, 15) is 0 Å². The van der Waals surface area contributed by atoms with Gasteiger partial charge in [-0.3, -0.25) is 0 Å². The average Bonchev–Trinajstić information content (AvgIpc) is 2.51. The first-order chi connectivity index (χ1) is 10.5. The summed E-state index contributed by atoms with van der Waals surface area (Å²) in [7, 11) is 0. The van der Waals surface area contributed by atoms with Crippen molar-refractivity contribution in [3.63, 3.8) is 0 Å². The van der Waals surface area contributed by atoms with Crippen molar-refractivity contribution in [1.82, 2.24) is 15.0 Å². The van der Waals surface area contributed by atoms with Crippen LogP contribution in [0.25, 0.3) is 11.4 Å². The normalized spacial score (nSPS) is 11.6. The van der Waals surface area contributed by atoms with Crippen molar-refractivity contribution in [2.24, 2.45) is 0 Å². The van der Waals surface area contributed by atoms with E-state index < -0.39 is 3.79 Å². The molecule has 116 valence electrons. The van der Waals surface area contributed by atoms with E-state index in [1.165, 1.54) is 18.9 Å². The lowest BCUT2D eigenvalue weighted by atomic mass is 10.2. The Bertz CT molecular complexity index is 643. The van der Waals surface area contributed by atoms with E-state index >= 15 is 0 Å². The number of benzene rings is 1. The van der Waals surface area contributed by atoms with E-state index in [1.54, 1.807) is 24.3 Å². The molecule has 0 unspecified atom stereocenters. The van der Waals surface area contributed by atoms with Gasteiger partial charge < -0.3 is 9.47 Å². The van der Waals surface area contributed by atoms with Crippen LogP contribution in [-0.4, -0.2) is 21.6 Å². The minimum absolute atomic E-state index is 0.0717. The molecule has 0 radical (unpaired) electrons. The third kappa shape index (κ3) is 4.73. The first-order valence-electron chi connectivity index (χ1n) is 6.30. The molecule has 0 bridgehead atoms. The van der Waals surface area contributed by atoms with Crippen LogP contribution >= 0.6 is 34.8 Å². The quantitative estimate of drug-likeness (QED) is 0.589. The highest BCUT2D eigenvalue weighted by Gasteiger charge is 2.27. The van der Waals surface area contributed by atoms with Crippen molar-refractivity contribution in [3.05, 3.63) is 48.9 Å². The zero-order valence-corrected chi connectivity index (χ0v) is 13.8. The Kier molecular flexibility index (Phi) is 5.83. The monoisotopic (exact) mass is 359 g/mol. The highest BCUT2D eigenvalue weighted by atomic mass is 35.6. The van der Waals surface area contributed by atoms with E-state index in [0.29, 0.717) is 18.2 Å². The highest BCUT2D eigenvalue weighted by Crippen LogP contribution is 2.36. The summed E-state index contributed by atoms with van der Waals surface area (Å²) < 4.78 is 8.69. The van der Waals surface area contributed by atoms with Gasteiger partial charge in [-0.1, -0.05) is 34.8 Å². The lowest BCUT2D eigenvalue weighted by Crippen LogP contribution is -2.08.